The van der Waals surface area contributed by atoms with E-state index in [1.165, 1.54) is 18.5 Å². The summed E-state index contributed by atoms with van der Waals surface area (Å²) in [6.45, 7) is 1.87. The number of para-hydroxylation sites is 1. The van der Waals surface area contributed by atoms with Crippen LogP contribution in [0.1, 0.15) is 16.2 Å². The number of anilines is 1. The minimum Gasteiger partial charge on any atom is -0.318 e. The summed E-state index contributed by atoms with van der Waals surface area (Å²) < 4.78 is 17.2. The number of nitrogens with one attached hydrogen (secondary N) is 1. The van der Waals surface area contributed by atoms with Crippen LogP contribution in [0.4, 0.5) is 10.1 Å². The van der Waals surface area contributed by atoms with Gasteiger partial charge in [-0.25, -0.2) is 23.6 Å². The Hall–Kier alpha value is -4.40. The van der Waals surface area contributed by atoms with Crippen LogP contribution in [-0.2, 0) is 0 Å². The lowest BCUT2D eigenvalue weighted by Crippen LogP contribution is -2.14. The van der Waals surface area contributed by atoms with Gasteiger partial charge in [0.05, 0.1) is 11.4 Å². The van der Waals surface area contributed by atoms with E-state index in [1.54, 1.807) is 39.7 Å². The van der Waals surface area contributed by atoms with Crippen LogP contribution in [0.2, 0.25) is 0 Å². The fourth-order valence-electron chi connectivity index (χ4n) is 3.24. The Balaban J connectivity index is 1.61. The summed E-state index contributed by atoms with van der Waals surface area (Å²) >= 11 is 0. The minimum atomic E-state index is -0.528. The molecule has 0 unspecified atom stereocenters. The number of carbonyl (C=O) groups excluding carboxylic acids is 1. The van der Waals surface area contributed by atoms with Crippen molar-refractivity contribution >= 4 is 17.2 Å². The number of halogens is 1. The number of fused-ring (bicyclic) bond motifs is 1. The van der Waals surface area contributed by atoms with Gasteiger partial charge in [0.2, 0.25) is 0 Å². The maximum absolute atomic E-state index is 14.0. The van der Waals surface area contributed by atoms with Crippen molar-refractivity contribution in [3.05, 3.63) is 90.4 Å². The van der Waals surface area contributed by atoms with Crippen molar-refractivity contribution in [3.63, 3.8) is 0 Å². The van der Waals surface area contributed by atoms with Crippen molar-refractivity contribution in [2.24, 2.45) is 0 Å². The molecule has 0 aliphatic rings. The molecule has 9 heteroatoms. The van der Waals surface area contributed by atoms with Gasteiger partial charge in [-0.2, -0.15) is 10.2 Å². The van der Waals surface area contributed by atoms with Crippen molar-refractivity contribution in [2.75, 3.05) is 5.32 Å². The Morgan fingerprint density at radius 2 is 1.94 bits per heavy atom. The summed E-state index contributed by atoms with van der Waals surface area (Å²) in [5.74, 6) is -0.495. The van der Waals surface area contributed by atoms with Crippen LogP contribution in [0.25, 0.3) is 22.7 Å². The fourth-order valence-corrected chi connectivity index (χ4v) is 3.24. The first kappa shape index (κ1) is 18.6. The number of hydrogen-bond donors (Lipinski definition) is 1. The molecule has 4 heterocycles. The molecule has 5 rings (SSSR count). The van der Waals surface area contributed by atoms with Crippen LogP contribution >= 0.6 is 0 Å². The molecule has 0 saturated carbocycles. The van der Waals surface area contributed by atoms with Gasteiger partial charge < -0.3 is 5.32 Å². The molecule has 0 fully saturated rings. The Labute approximate surface area is 176 Å². The molecule has 5 aromatic rings. The molecule has 4 aromatic heterocycles. The number of amides is 1. The Morgan fingerprint density at radius 3 is 2.77 bits per heavy atom. The highest BCUT2D eigenvalue weighted by molar-refractivity contribution is 6.03. The average Bonchev–Trinajstić information content (AvgIpc) is 3.42. The first-order chi connectivity index (χ1) is 15.1. The smallest absolute Gasteiger partial charge is 0.276 e. The second-order valence-electron chi connectivity index (χ2n) is 6.88. The lowest BCUT2D eigenvalue weighted by molar-refractivity contribution is 0.102. The number of carbonyl (C=O) groups is 1. The maximum atomic E-state index is 14.0. The number of benzene rings is 1. The summed E-state index contributed by atoms with van der Waals surface area (Å²) in [6.07, 6.45) is 3.26. The molecule has 0 aliphatic heterocycles. The number of aryl methyl sites for hydroxylation is 1. The van der Waals surface area contributed by atoms with E-state index in [4.69, 9.17) is 0 Å². The lowest BCUT2D eigenvalue weighted by Gasteiger charge is -2.07. The molecule has 0 radical (unpaired) electrons. The van der Waals surface area contributed by atoms with Crippen molar-refractivity contribution in [1.29, 1.82) is 0 Å². The second-order valence-corrected chi connectivity index (χ2v) is 6.88. The third-order valence-electron chi connectivity index (χ3n) is 4.72. The molecule has 1 aromatic carbocycles. The number of pyridine rings is 2. The van der Waals surface area contributed by atoms with E-state index in [1.807, 2.05) is 31.2 Å². The molecule has 8 nitrogen and oxygen atoms in total. The molecule has 152 valence electrons. The normalized spacial score (nSPS) is 11.0. The topological polar surface area (TPSA) is 90.0 Å². The van der Waals surface area contributed by atoms with E-state index in [-0.39, 0.29) is 11.4 Å². The molecule has 0 atom stereocenters. The summed E-state index contributed by atoms with van der Waals surface area (Å²) in [4.78, 5) is 21.5. The second kappa shape index (κ2) is 7.45. The Morgan fingerprint density at radius 1 is 1.06 bits per heavy atom. The summed E-state index contributed by atoms with van der Waals surface area (Å²) in [6, 6.07) is 16.8. The predicted molar refractivity (Wildman–Crippen MR) is 112 cm³/mol. The third-order valence-corrected chi connectivity index (χ3v) is 4.72. The number of nitrogens with zero attached hydrogens (tertiary/aromatic N) is 6. The number of hydrogen-bond acceptors (Lipinski definition) is 5. The fraction of sp³-hybridized carbons (Fsp3) is 0.0455. The van der Waals surface area contributed by atoms with Gasteiger partial charge in [0.15, 0.2) is 17.2 Å². The van der Waals surface area contributed by atoms with E-state index in [0.29, 0.717) is 17.2 Å². The molecule has 0 aliphatic carbocycles. The highest BCUT2D eigenvalue weighted by Gasteiger charge is 2.19. The van der Waals surface area contributed by atoms with Crippen molar-refractivity contribution in [2.45, 2.75) is 6.92 Å². The Kier molecular flexibility index (Phi) is 4.47. The molecular formula is C22H16FN7O. The van der Waals surface area contributed by atoms with Crippen molar-refractivity contribution in [1.82, 2.24) is 29.4 Å². The van der Waals surface area contributed by atoms with Crippen LogP contribution in [0, 0.1) is 12.7 Å². The van der Waals surface area contributed by atoms with Crippen LogP contribution < -0.4 is 5.32 Å². The van der Waals surface area contributed by atoms with Crippen LogP contribution in [0.5, 0.6) is 0 Å². The molecule has 0 saturated heterocycles. The minimum absolute atomic E-state index is 0.0846. The molecule has 1 amide bonds. The first-order valence-corrected chi connectivity index (χ1v) is 9.48. The molecule has 0 spiro atoms. The highest BCUT2D eigenvalue weighted by Crippen LogP contribution is 2.25. The first-order valence-electron chi connectivity index (χ1n) is 9.48. The standard InChI is InChI=1S/C22H16FN7O/c1-14-5-4-8-21(26-14)30-19(15-9-10-20-24-13-25-29(20)12-15)11-18(28-30)22(31)27-17-7-3-2-6-16(17)23/h2-13H,1H3,(H,27,31). The van der Waals surface area contributed by atoms with E-state index in [0.717, 1.165) is 11.3 Å². The van der Waals surface area contributed by atoms with Gasteiger partial charge in [-0.3, -0.25) is 4.79 Å². The van der Waals surface area contributed by atoms with E-state index >= 15 is 0 Å². The molecule has 1 N–H and O–H groups in total. The third kappa shape index (κ3) is 3.52. The largest absolute Gasteiger partial charge is 0.318 e. The monoisotopic (exact) mass is 413 g/mol. The van der Waals surface area contributed by atoms with Crippen molar-refractivity contribution < 1.29 is 9.18 Å². The zero-order valence-corrected chi connectivity index (χ0v) is 16.4. The molecule has 0 bridgehead atoms. The zero-order chi connectivity index (χ0) is 21.4. The van der Waals surface area contributed by atoms with E-state index in [9.17, 15) is 9.18 Å². The van der Waals surface area contributed by atoms with Crippen LogP contribution in [-0.4, -0.2) is 35.3 Å². The SMILES string of the molecule is Cc1cccc(-n2nc(C(=O)Nc3ccccc3F)cc2-c2ccc3ncnn3c2)n1. The average molecular weight is 413 g/mol. The van der Waals surface area contributed by atoms with Gasteiger partial charge in [0.25, 0.3) is 5.91 Å². The van der Waals surface area contributed by atoms with Crippen LogP contribution in [0.3, 0.4) is 0 Å². The van der Waals surface area contributed by atoms with Gasteiger partial charge in [-0.05, 0) is 49.4 Å². The summed E-state index contributed by atoms with van der Waals surface area (Å²) in [7, 11) is 0. The highest BCUT2D eigenvalue weighted by atomic mass is 19.1. The van der Waals surface area contributed by atoms with Gasteiger partial charge in [-0.15, -0.1) is 0 Å². The predicted octanol–water partition coefficient (Wildman–Crippen LogP) is 3.68. The van der Waals surface area contributed by atoms with Gasteiger partial charge in [0, 0.05) is 17.5 Å². The maximum Gasteiger partial charge on any atom is 0.276 e. The quantitative estimate of drug-likeness (QED) is 0.485. The zero-order valence-electron chi connectivity index (χ0n) is 16.4. The van der Waals surface area contributed by atoms with Crippen molar-refractivity contribution in [3.8, 4) is 17.1 Å². The number of rotatable bonds is 4. The summed E-state index contributed by atoms with van der Waals surface area (Å²) in [5.41, 5.74) is 3.11. The summed E-state index contributed by atoms with van der Waals surface area (Å²) in [5, 5.41) is 11.2. The Bertz CT molecular complexity index is 1420. The van der Waals surface area contributed by atoms with Gasteiger partial charge in [0.1, 0.15) is 12.1 Å². The van der Waals surface area contributed by atoms with Gasteiger partial charge in [-0.1, -0.05) is 18.2 Å². The van der Waals surface area contributed by atoms with Gasteiger partial charge >= 0.3 is 0 Å². The van der Waals surface area contributed by atoms with Crippen LogP contribution in [0.15, 0.2) is 73.2 Å². The molecular weight excluding hydrogens is 397 g/mol. The molecule has 31 heavy (non-hydrogen) atoms. The van der Waals surface area contributed by atoms with E-state index in [2.05, 4.69) is 25.5 Å². The lowest BCUT2D eigenvalue weighted by atomic mass is 10.2. The number of aromatic nitrogens is 6. The van der Waals surface area contributed by atoms with E-state index < -0.39 is 11.7 Å².